The number of rotatable bonds is 4. The third-order valence-corrected chi connectivity index (χ3v) is 5.03. The number of carbonyl (C=O) groups is 1. The van der Waals surface area contributed by atoms with Gasteiger partial charge in [0.15, 0.2) is 5.78 Å². The second-order valence-corrected chi connectivity index (χ2v) is 7.27. The average molecular weight is 415 g/mol. The second-order valence-electron chi connectivity index (χ2n) is 7.27. The zero-order chi connectivity index (χ0) is 22.8. The van der Waals surface area contributed by atoms with Crippen LogP contribution in [-0.4, -0.2) is 12.3 Å². The van der Waals surface area contributed by atoms with E-state index in [1.807, 2.05) is 87.5 Å². The molecule has 3 aromatic rings. The summed E-state index contributed by atoms with van der Waals surface area (Å²) in [5, 5.41) is 3.44. The summed E-state index contributed by atoms with van der Waals surface area (Å²) in [4.78, 5) is 12.7. The zero-order valence-electron chi connectivity index (χ0n) is 19.2. The number of hydrogen-bond donors (Lipinski definition) is 2. The van der Waals surface area contributed by atoms with Crippen LogP contribution in [0.5, 0.6) is 0 Å². The minimum atomic E-state index is 0.0899. The molecule has 1 aliphatic rings. The number of aryl methyl sites for hydroxylation is 1. The monoisotopic (exact) mass is 414 g/mol. The molecule has 0 aromatic heterocycles. The van der Waals surface area contributed by atoms with Gasteiger partial charge < -0.3 is 11.1 Å². The predicted molar refractivity (Wildman–Crippen MR) is 135 cm³/mol. The molecular formula is C28H34N2O. The molecule has 3 heteroatoms. The van der Waals surface area contributed by atoms with Crippen molar-refractivity contribution in [2.24, 2.45) is 0 Å². The Morgan fingerprint density at radius 3 is 2.10 bits per heavy atom. The number of nitrogen functional groups attached to an aromatic ring is 1. The van der Waals surface area contributed by atoms with E-state index in [9.17, 15) is 4.79 Å². The van der Waals surface area contributed by atoms with Gasteiger partial charge in [-0.2, -0.15) is 0 Å². The molecule has 0 saturated carbocycles. The first-order valence-corrected chi connectivity index (χ1v) is 11.0. The van der Waals surface area contributed by atoms with Crippen molar-refractivity contribution >= 4 is 22.7 Å². The third-order valence-electron chi connectivity index (χ3n) is 5.03. The fraction of sp³-hybridized carbons (Fsp3) is 0.250. The first-order valence-electron chi connectivity index (χ1n) is 11.0. The van der Waals surface area contributed by atoms with Crippen molar-refractivity contribution < 1.29 is 4.79 Å². The van der Waals surface area contributed by atoms with E-state index in [1.165, 1.54) is 5.56 Å². The van der Waals surface area contributed by atoms with E-state index < -0.39 is 0 Å². The lowest BCUT2D eigenvalue weighted by molar-refractivity contribution is 0.103. The molecule has 31 heavy (non-hydrogen) atoms. The molecule has 0 spiro atoms. The maximum atomic E-state index is 12.7. The molecule has 3 aromatic carbocycles. The average Bonchev–Trinajstić information content (AvgIpc) is 2.81. The number of hydrogen-bond acceptors (Lipinski definition) is 3. The predicted octanol–water partition coefficient (Wildman–Crippen LogP) is 7.11. The molecule has 0 radical (unpaired) electrons. The summed E-state index contributed by atoms with van der Waals surface area (Å²) < 4.78 is 0. The van der Waals surface area contributed by atoms with Crippen molar-refractivity contribution in [2.45, 2.75) is 40.5 Å². The lowest BCUT2D eigenvalue weighted by atomic mass is 9.81. The standard InChI is InChI=1S/C19H19NO.C7H9N.C2H6/c1-3-4-12-20-17-11-7-10-16-18(17)13(2)14-8-5-6-9-15(14)19(16)21;1-6-2-4-7(8)5-3-6;1-2/h5-11,20H,2-4,12H2,1H3;2-5H,8H2,1H3;1-2H3. The van der Waals surface area contributed by atoms with Gasteiger partial charge in [-0.05, 0) is 42.7 Å². The highest BCUT2D eigenvalue weighted by Gasteiger charge is 2.27. The number of unbranched alkanes of at least 4 members (excludes halogenated alkanes) is 1. The van der Waals surface area contributed by atoms with Crippen LogP contribution in [-0.2, 0) is 0 Å². The molecule has 0 heterocycles. The molecule has 162 valence electrons. The van der Waals surface area contributed by atoms with Gasteiger partial charge in [-0.15, -0.1) is 0 Å². The van der Waals surface area contributed by atoms with Crippen LogP contribution in [0.25, 0.3) is 5.57 Å². The van der Waals surface area contributed by atoms with Crippen molar-refractivity contribution in [1.82, 2.24) is 0 Å². The van der Waals surface area contributed by atoms with Gasteiger partial charge in [0.05, 0.1) is 0 Å². The van der Waals surface area contributed by atoms with Crippen LogP contribution in [0.2, 0.25) is 0 Å². The number of ketones is 1. The van der Waals surface area contributed by atoms with Gasteiger partial charge in [-0.1, -0.05) is 87.9 Å². The van der Waals surface area contributed by atoms with Crippen molar-refractivity contribution in [1.29, 1.82) is 0 Å². The Labute approximate surface area is 187 Å². The smallest absolute Gasteiger partial charge is 0.194 e. The first kappa shape index (κ1) is 23.9. The maximum Gasteiger partial charge on any atom is 0.194 e. The Balaban J connectivity index is 0.000000286. The zero-order valence-corrected chi connectivity index (χ0v) is 19.2. The summed E-state index contributed by atoms with van der Waals surface area (Å²) >= 11 is 0. The third kappa shape index (κ3) is 5.85. The van der Waals surface area contributed by atoms with Crippen LogP contribution in [0.3, 0.4) is 0 Å². The summed E-state index contributed by atoms with van der Waals surface area (Å²) in [6, 6.07) is 21.4. The minimum absolute atomic E-state index is 0.0899. The maximum absolute atomic E-state index is 12.7. The van der Waals surface area contributed by atoms with Crippen LogP contribution in [0, 0.1) is 6.92 Å². The molecule has 0 fully saturated rings. The highest BCUT2D eigenvalue weighted by atomic mass is 16.1. The molecule has 4 rings (SSSR count). The Bertz CT molecular complexity index is 998. The van der Waals surface area contributed by atoms with Crippen LogP contribution >= 0.6 is 0 Å². The number of nitrogens with two attached hydrogens (primary N) is 1. The van der Waals surface area contributed by atoms with Gasteiger partial charge in [0, 0.05) is 34.6 Å². The van der Waals surface area contributed by atoms with Crippen molar-refractivity contribution in [2.75, 3.05) is 17.6 Å². The fourth-order valence-electron chi connectivity index (χ4n) is 3.40. The van der Waals surface area contributed by atoms with Gasteiger partial charge in [0.2, 0.25) is 0 Å². The summed E-state index contributed by atoms with van der Waals surface area (Å²) in [5.74, 6) is 0.0899. The van der Waals surface area contributed by atoms with Gasteiger partial charge in [-0.25, -0.2) is 0 Å². The van der Waals surface area contributed by atoms with Crippen LogP contribution in [0.1, 0.15) is 66.2 Å². The first-order chi connectivity index (χ1) is 15.0. The highest BCUT2D eigenvalue weighted by molar-refractivity contribution is 6.19. The Hall–Kier alpha value is -3.33. The van der Waals surface area contributed by atoms with Crippen molar-refractivity contribution in [3.05, 3.63) is 101 Å². The number of anilines is 2. The largest absolute Gasteiger partial charge is 0.399 e. The summed E-state index contributed by atoms with van der Waals surface area (Å²) in [5.41, 5.74) is 12.8. The van der Waals surface area contributed by atoms with E-state index >= 15 is 0 Å². The lowest BCUT2D eigenvalue weighted by Gasteiger charge is -2.23. The van der Waals surface area contributed by atoms with E-state index in [1.54, 1.807) is 0 Å². The van der Waals surface area contributed by atoms with Crippen molar-refractivity contribution in [3.63, 3.8) is 0 Å². The van der Waals surface area contributed by atoms with E-state index in [-0.39, 0.29) is 5.78 Å². The van der Waals surface area contributed by atoms with Crippen molar-refractivity contribution in [3.8, 4) is 0 Å². The molecule has 0 saturated heterocycles. The quantitative estimate of drug-likeness (QED) is 0.276. The highest BCUT2D eigenvalue weighted by Crippen LogP contribution is 2.38. The molecule has 0 bridgehead atoms. The molecule has 1 aliphatic carbocycles. The van der Waals surface area contributed by atoms with E-state index in [0.717, 1.165) is 58.6 Å². The summed E-state index contributed by atoms with van der Waals surface area (Å²) in [6.45, 7) is 13.3. The molecule has 0 unspecified atom stereocenters. The van der Waals surface area contributed by atoms with Gasteiger partial charge in [0.1, 0.15) is 0 Å². The molecule has 0 atom stereocenters. The number of carbonyl (C=O) groups excluding carboxylic acids is 1. The topological polar surface area (TPSA) is 55.1 Å². The Morgan fingerprint density at radius 2 is 1.48 bits per heavy atom. The molecule has 3 N–H and O–H groups in total. The summed E-state index contributed by atoms with van der Waals surface area (Å²) in [6.07, 6.45) is 2.26. The lowest BCUT2D eigenvalue weighted by Crippen LogP contribution is -2.16. The van der Waals surface area contributed by atoms with E-state index in [4.69, 9.17) is 5.73 Å². The second kappa shape index (κ2) is 11.8. The van der Waals surface area contributed by atoms with E-state index in [0.29, 0.717) is 0 Å². The molecule has 0 aliphatic heterocycles. The van der Waals surface area contributed by atoms with Crippen LogP contribution in [0.4, 0.5) is 11.4 Å². The van der Waals surface area contributed by atoms with Gasteiger partial charge in [0.25, 0.3) is 0 Å². The van der Waals surface area contributed by atoms with Gasteiger partial charge in [-0.3, -0.25) is 4.79 Å². The number of benzene rings is 3. The van der Waals surface area contributed by atoms with Crippen LogP contribution in [0.15, 0.2) is 73.3 Å². The summed E-state index contributed by atoms with van der Waals surface area (Å²) in [7, 11) is 0. The van der Waals surface area contributed by atoms with Gasteiger partial charge >= 0.3 is 0 Å². The fourth-order valence-corrected chi connectivity index (χ4v) is 3.40. The van der Waals surface area contributed by atoms with E-state index in [2.05, 4.69) is 18.8 Å². The van der Waals surface area contributed by atoms with Crippen LogP contribution < -0.4 is 11.1 Å². The SMILES string of the molecule is C=C1c2ccccc2C(=O)c2cccc(NCCCC)c21.CC.Cc1ccc(N)cc1. The number of fused-ring (bicyclic) bond motifs is 2. The molecule has 3 nitrogen and oxygen atoms in total. The Morgan fingerprint density at radius 1 is 0.871 bits per heavy atom. The minimum Gasteiger partial charge on any atom is -0.399 e. The molecular weight excluding hydrogens is 380 g/mol. The number of nitrogens with one attached hydrogen (secondary N) is 1. The Kier molecular flexibility index (Phi) is 9.08. The molecule has 0 amide bonds. The normalized spacial score (nSPS) is 11.2.